The molecule has 2 aromatic carbocycles. The molecule has 182 valence electrons. The van der Waals surface area contributed by atoms with E-state index < -0.39 is 18.5 Å². The molecule has 6 rings (SSSR count). The van der Waals surface area contributed by atoms with Crippen molar-refractivity contribution in [1.82, 2.24) is 14.8 Å². The van der Waals surface area contributed by atoms with Gasteiger partial charge >= 0.3 is 5.97 Å². The van der Waals surface area contributed by atoms with Crippen LogP contribution in [0, 0.1) is 0 Å². The predicted molar refractivity (Wildman–Crippen MR) is 138 cm³/mol. The fourth-order valence-electron chi connectivity index (χ4n) is 4.65. The molecule has 8 heteroatoms. The molecule has 0 bridgehead atoms. The number of ether oxygens (including phenoxy) is 1. The van der Waals surface area contributed by atoms with Crippen LogP contribution in [0.15, 0.2) is 66.7 Å². The number of nitrogens with zero attached hydrogens (tertiary/aromatic N) is 4. The Bertz CT molecular complexity index is 1420. The monoisotopic (exact) mass is 481 g/mol. The molecule has 3 heterocycles. The number of hydrogen-bond acceptors (Lipinski definition) is 6. The van der Waals surface area contributed by atoms with Gasteiger partial charge in [0.1, 0.15) is 17.2 Å². The zero-order chi connectivity index (χ0) is 24.5. The van der Waals surface area contributed by atoms with Crippen molar-refractivity contribution in [1.29, 1.82) is 0 Å². The number of fused-ring (bicyclic) bond motifs is 1. The van der Waals surface area contributed by atoms with E-state index >= 15 is 0 Å². The van der Waals surface area contributed by atoms with Crippen LogP contribution in [0.5, 0.6) is 0 Å². The summed E-state index contributed by atoms with van der Waals surface area (Å²) in [6.07, 6.45) is 4.33. The van der Waals surface area contributed by atoms with E-state index in [1.54, 1.807) is 4.68 Å². The summed E-state index contributed by atoms with van der Waals surface area (Å²) in [5.74, 6) is 0.648. The Morgan fingerprint density at radius 2 is 1.72 bits per heavy atom. The van der Waals surface area contributed by atoms with Gasteiger partial charge in [-0.3, -0.25) is 4.79 Å². The van der Waals surface area contributed by atoms with Crippen LogP contribution < -0.4 is 10.2 Å². The molecule has 2 aliphatic rings. The largest absolute Gasteiger partial charge is 0.452 e. The molecule has 8 nitrogen and oxygen atoms in total. The van der Waals surface area contributed by atoms with Crippen molar-refractivity contribution in [2.24, 2.45) is 0 Å². The summed E-state index contributed by atoms with van der Waals surface area (Å²) in [6.45, 7) is 1.29. The van der Waals surface area contributed by atoms with E-state index in [0.29, 0.717) is 23.1 Å². The number of nitrogens with one attached hydrogen (secondary N) is 1. The van der Waals surface area contributed by atoms with Crippen LogP contribution >= 0.6 is 0 Å². The maximum atomic E-state index is 13.1. The summed E-state index contributed by atoms with van der Waals surface area (Å²) >= 11 is 0. The fourth-order valence-corrected chi connectivity index (χ4v) is 4.65. The lowest BCUT2D eigenvalue weighted by molar-refractivity contribution is -0.119. The number of amides is 1. The second-order valence-electron chi connectivity index (χ2n) is 9.35. The van der Waals surface area contributed by atoms with E-state index in [1.807, 2.05) is 66.7 Å². The highest BCUT2D eigenvalue weighted by molar-refractivity contribution is 6.01. The maximum Gasteiger partial charge on any atom is 0.342 e. The zero-order valence-electron chi connectivity index (χ0n) is 19.9. The van der Waals surface area contributed by atoms with Gasteiger partial charge in [-0.15, -0.1) is 0 Å². The zero-order valence-corrected chi connectivity index (χ0v) is 19.9. The SMILES string of the molecule is O=C(COC(=O)c1cc2ccccc2nc1N1CCCC1)Nc1cc(C2CC2)nn1-c1ccccc1. The van der Waals surface area contributed by atoms with E-state index in [-0.39, 0.29) is 0 Å². The second-order valence-corrected chi connectivity index (χ2v) is 9.35. The molecule has 1 saturated carbocycles. The lowest BCUT2D eigenvalue weighted by Gasteiger charge is -2.20. The average Bonchev–Trinajstić information content (AvgIpc) is 3.45. The minimum atomic E-state index is -0.555. The van der Waals surface area contributed by atoms with Crippen molar-refractivity contribution in [2.75, 3.05) is 29.9 Å². The van der Waals surface area contributed by atoms with Gasteiger partial charge in [0.05, 0.1) is 16.9 Å². The minimum absolute atomic E-state index is 0.383. The molecule has 1 N–H and O–H groups in total. The van der Waals surface area contributed by atoms with Crippen LogP contribution in [0.25, 0.3) is 16.6 Å². The Balaban J connectivity index is 1.20. The van der Waals surface area contributed by atoms with Gasteiger partial charge in [-0.2, -0.15) is 5.10 Å². The summed E-state index contributed by atoms with van der Waals surface area (Å²) < 4.78 is 7.20. The molecule has 1 saturated heterocycles. The first-order valence-corrected chi connectivity index (χ1v) is 12.4. The minimum Gasteiger partial charge on any atom is -0.452 e. The van der Waals surface area contributed by atoms with Crippen LogP contribution in [0.4, 0.5) is 11.6 Å². The Kier molecular flexibility index (Phi) is 5.85. The lowest BCUT2D eigenvalue weighted by atomic mass is 10.1. The number of carbonyl (C=O) groups excluding carboxylic acids is 2. The first-order valence-electron chi connectivity index (χ1n) is 12.4. The number of carbonyl (C=O) groups is 2. The van der Waals surface area contributed by atoms with Crippen molar-refractivity contribution in [3.63, 3.8) is 0 Å². The Morgan fingerprint density at radius 1 is 0.972 bits per heavy atom. The van der Waals surface area contributed by atoms with Gasteiger partial charge in [-0.05, 0) is 49.9 Å². The molecule has 0 atom stereocenters. The van der Waals surface area contributed by atoms with Gasteiger partial charge in [0, 0.05) is 30.5 Å². The third-order valence-electron chi connectivity index (χ3n) is 6.66. The molecule has 2 aromatic heterocycles. The Labute approximate surface area is 208 Å². The molecule has 0 unspecified atom stereocenters. The fraction of sp³-hybridized carbons (Fsp3) is 0.286. The maximum absolute atomic E-state index is 13.1. The number of rotatable bonds is 7. The number of pyridine rings is 1. The molecule has 4 aromatic rings. The van der Waals surface area contributed by atoms with Crippen LogP contribution in [-0.4, -0.2) is 46.3 Å². The first kappa shape index (κ1) is 22.3. The predicted octanol–water partition coefficient (Wildman–Crippen LogP) is 4.69. The highest BCUT2D eigenvalue weighted by Gasteiger charge is 2.28. The normalized spacial score (nSPS) is 15.3. The van der Waals surface area contributed by atoms with Gasteiger partial charge in [0.25, 0.3) is 5.91 Å². The van der Waals surface area contributed by atoms with Crippen LogP contribution in [-0.2, 0) is 9.53 Å². The number of esters is 1. The molecular formula is C28H27N5O3. The summed E-state index contributed by atoms with van der Waals surface area (Å²) in [7, 11) is 0. The van der Waals surface area contributed by atoms with Crippen molar-refractivity contribution < 1.29 is 14.3 Å². The van der Waals surface area contributed by atoms with Gasteiger partial charge in [-0.1, -0.05) is 36.4 Å². The highest BCUT2D eigenvalue weighted by Crippen LogP contribution is 2.40. The number of para-hydroxylation sites is 2. The standard InChI is InChI=1S/C28H27N5O3/c34-26(30-25-17-24(19-12-13-19)31-33(25)21-9-2-1-3-10-21)18-36-28(35)22-16-20-8-4-5-11-23(20)29-27(22)32-14-6-7-15-32/h1-5,8-11,16-17,19H,6-7,12-15,18H2,(H,30,34). The van der Waals surface area contributed by atoms with Crippen LogP contribution in [0.1, 0.15) is 47.7 Å². The smallest absolute Gasteiger partial charge is 0.342 e. The quantitative estimate of drug-likeness (QED) is 0.385. The molecule has 1 aliphatic carbocycles. The number of aromatic nitrogens is 3. The molecule has 1 aliphatic heterocycles. The third-order valence-corrected chi connectivity index (χ3v) is 6.66. The molecular weight excluding hydrogens is 454 g/mol. The van der Waals surface area contributed by atoms with Crippen molar-refractivity contribution in [3.05, 3.63) is 78.0 Å². The van der Waals surface area contributed by atoms with Crippen LogP contribution in [0.3, 0.4) is 0 Å². The molecule has 0 radical (unpaired) electrons. The van der Waals surface area contributed by atoms with E-state index in [1.165, 1.54) is 0 Å². The summed E-state index contributed by atoms with van der Waals surface area (Å²) in [4.78, 5) is 32.8. The van der Waals surface area contributed by atoms with Crippen molar-refractivity contribution >= 4 is 34.4 Å². The van der Waals surface area contributed by atoms with Crippen LogP contribution in [0.2, 0.25) is 0 Å². The Hall–Kier alpha value is -4.20. The number of hydrogen-bond donors (Lipinski definition) is 1. The van der Waals surface area contributed by atoms with Gasteiger partial charge < -0.3 is 15.0 Å². The highest BCUT2D eigenvalue weighted by atomic mass is 16.5. The third kappa shape index (κ3) is 4.54. The van der Waals surface area contributed by atoms with Crippen molar-refractivity contribution in [3.8, 4) is 5.69 Å². The average molecular weight is 482 g/mol. The van der Waals surface area contributed by atoms with E-state index in [9.17, 15) is 9.59 Å². The molecule has 2 fully saturated rings. The molecule has 1 amide bonds. The summed E-state index contributed by atoms with van der Waals surface area (Å²) in [5.41, 5.74) is 3.03. The van der Waals surface area contributed by atoms with Gasteiger partial charge in [0.2, 0.25) is 0 Å². The topological polar surface area (TPSA) is 89.3 Å². The summed E-state index contributed by atoms with van der Waals surface area (Å²) in [5, 5.41) is 8.44. The van der Waals surface area contributed by atoms with Gasteiger partial charge in [0.15, 0.2) is 6.61 Å². The van der Waals surface area contributed by atoms with E-state index in [4.69, 9.17) is 14.8 Å². The van der Waals surface area contributed by atoms with Gasteiger partial charge in [-0.25, -0.2) is 14.5 Å². The number of anilines is 2. The summed E-state index contributed by atoms with van der Waals surface area (Å²) in [6, 6.07) is 21.1. The second kappa shape index (κ2) is 9.45. The van der Waals surface area contributed by atoms with Crippen molar-refractivity contribution in [2.45, 2.75) is 31.6 Å². The first-order chi connectivity index (χ1) is 17.7. The Morgan fingerprint density at radius 3 is 2.50 bits per heavy atom. The van der Waals surface area contributed by atoms with E-state index in [0.717, 1.165) is 61.1 Å². The van der Waals surface area contributed by atoms with E-state index in [2.05, 4.69) is 10.2 Å². The molecule has 36 heavy (non-hydrogen) atoms. The molecule has 0 spiro atoms. The lowest BCUT2D eigenvalue weighted by Crippen LogP contribution is -2.25. The number of benzene rings is 2.